The van der Waals surface area contributed by atoms with E-state index < -0.39 is 24.2 Å². The zero-order valence-electron chi connectivity index (χ0n) is 45.7. The van der Waals surface area contributed by atoms with Gasteiger partial charge in [0.25, 0.3) is 0 Å². The molecule has 0 saturated heterocycles. The van der Waals surface area contributed by atoms with E-state index in [0.717, 1.165) is 48.7 Å². The molecule has 0 heterocycles. The van der Waals surface area contributed by atoms with E-state index in [1.54, 1.807) is 28.4 Å². The van der Waals surface area contributed by atoms with Gasteiger partial charge in [-0.15, -0.1) is 0 Å². The molecule has 4 bridgehead atoms. The quantitative estimate of drug-likeness (QED) is 0.0714. The van der Waals surface area contributed by atoms with Crippen LogP contribution in [-0.2, 0) is 36.7 Å². The summed E-state index contributed by atoms with van der Waals surface area (Å²) < 4.78 is 31.4. The van der Waals surface area contributed by atoms with Crippen LogP contribution in [-0.4, -0.2) is 36.8 Å². The van der Waals surface area contributed by atoms with Crippen LogP contribution in [0.2, 0.25) is 16.6 Å². The van der Waals surface area contributed by atoms with E-state index in [1.165, 1.54) is 104 Å². The lowest BCUT2D eigenvalue weighted by atomic mass is 9.93. The largest absolute Gasteiger partial charge is 0.496 e. The standard InChI is InChI=1S/C62H80O5P2Si/c1-37(2)70(38(3)4,39(5)6)67-36-52-34-51-22-20-48-19-21-49(57(33-48)68(53-25-40(7)59(63-15)41(8)26-53)54-27-42(9)60(64-16)43(10)28-54)23-24-50(52)35-58(51)69(55-29-44(11)61(65-17)45(12)30-55)56-31-46(13)62(66-18)47(14)32-56/h19,21,25-35,37-39H,20,22-24,36H2,1-18H3. The van der Waals surface area contributed by atoms with Crippen molar-refractivity contribution in [2.24, 2.45) is 0 Å². The Hall–Kier alpha value is -4.44. The Balaban J connectivity index is 1.48. The third kappa shape index (κ3) is 10.4. The average Bonchev–Trinajstić information content (AvgIpc) is 3.27. The van der Waals surface area contributed by atoms with Gasteiger partial charge in [0, 0.05) is 0 Å². The first kappa shape index (κ1) is 53.4. The van der Waals surface area contributed by atoms with Gasteiger partial charge in [0.15, 0.2) is 0 Å². The summed E-state index contributed by atoms with van der Waals surface area (Å²) in [6, 6.07) is 31.8. The summed E-state index contributed by atoms with van der Waals surface area (Å²) in [5.74, 6) is 3.85. The van der Waals surface area contributed by atoms with E-state index in [0.29, 0.717) is 23.2 Å². The van der Waals surface area contributed by atoms with Gasteiger partial charge in [-0.3, -0.25) is 0 Å². The first-order valence-electron chi connectivity index (χ1n) is 25.4. The first-order chi connectivity index (χ1) is 33.3. The van der Waals surface area contributed by atoms with Gasteiger partial charge in [-0.05, 0) is 266 Å². The highest BCUT2D eigenvalue weighted by molar-refractivity contribution is 7.80. The summed E-state index contributed by atoms with van der Waals surface area (Å²) >= 11 is 0. The molecule has 8 heteroatoms. The zero-order valence-corrected chi connectivity index (χ0v) is 48.5. The van der Waals surface area contributed by atoms with Gasteiger partial charge in [0.1, 0.15) is 23.0 Å². The molecule has 0 fully saturated rings. The maximum absolute atomic E-state index is 7.56. The molecule has 0 saturated carbocycles. The molecule has 0 radical (unpaired) electrons. The van der Waals surface area contributed by atoms with Crippen molar-refractivity contribution in [1.82, 2.24) is 0 Å². The van der Waals surface area contributed by atoms with Crippen molar-refractivity contribution in [3.8, 4) is 23.0 Å². The fraction of sp³-hybridized carbons (Fsp3) is 0.419. The Morgan fingerprint density at radius 2 is 0.729 bits per heavy atom. The van der Waals surface area contributed by atoms with Crippen LogP contribution in [0.25, 0.3) is 0 Å². The van der Waals surface area contributed by atoms with Crippen LogP contribution in [0.15, 0.2) is 78.9 Å². The number of rotatable bonds is 16. The third-order valence-electron chi connectivity index (χ3n) is 15.2. The molecule has 10 rings (SSSR count). The second-order valence-electron chi connectivity index (χ2n) is 20.9. The Bertz CT molecular complexity index is 2650. The Morgan fingerprint density at radius 3 is 1.07 bits per heavy atom. The fourth-order valence-electron chi connectivity index (χ4n) is 12.3. The monoisotopic (exact) mass is 995 g/mol. The average molecular weight is 995 g/mol. The molecule has 6 aromatic carbocycles. The Morgan fingerprint density at radius 1 is 0.400 bits per heavy atom. The molecule has 372 valence electrons. The molecule has 6 aromatic rings. The summed E-state index contributed by atoms with van der Waals surface area (Å²) in [4.78, 5) is 0. The third-order valence-corrected chi connectivity index (χ3v) is 26.1. The number of aryl methyl sites for hydroxylation is 12. The Labute approximate surface area is 425 Å². The molecule has 0 amide bonds. The van der Waals surface area contributed by atoms with Crippen LogP contribution in [0, 0.1) is 55.4 Å². The SMILES string of the molecule is COc1c(C)cc(P(c2cc(C)c(OC)c(C)c2)c2cc3c(CO[Si](C(C)C)(C(C)C)C(C)C)cc2CCc2ccc(c(P(c4cc(C)c(OC)c(C)c4)c4cc(C)c(OC)c(C)c4)c2)CC3)cc1C. The number of ether oxygens (including phenoxy) is 4. The normalized spacial score (nSPS) is 13.0. The van der Waals surface area contributed by atoms with Crippen LogP contribution in [0.3, 0.4) is 0 Å². The van der Waals surface area contributed by atoms with Crippen LogP contribution in [0.4, 0.5) is 0 Å². The molecule has 5 nitrogen and oxygen atoms in total. The van der Waals surface area contributed by atoms with Crippen molar-refractivity contribution in [3.63, 3.8) is 0 Å². The molecule has 0 N–H and O–H groups in total. The van der Waals surface area contributed by atoms with Gasteiger partial charge in [-0.2, -0.15) is 0 Å². The van der Waals surface area contributed by atoms with E-state index in [4.69, 9.17) is 23.4 Å². The predicted octanol–water partition coefficient (Wildman–Crippen LogP) is 13.3. The smallest absolute Gasteiger partial charge is 0.200 e. The lowest BCUT2D eigenvalue weighted by molar-refractivity contribution is 0.265. The second-order valence-corrected chi connectivity index (χ2v) is 30.8. The molecule has 0 aromatic heterocycles. The van der Waals surface area contributed by atoms with Crippen LogP contribution < -0.4 is 50.8 Å². The van der Waals surface area contributed by atoms with Crippen molar-refractivity contribution >= 4 is 56.0 Å². The summed E-state index contributed by atoms with van der Waals surface area (Å²) in [6.07, 6.45) is 3.62. The minimum atomic E-state index is -2.19. The molecule has 4 aliphatic carbocycles. The van der Waals surface area contributed by atoms with E-state index >= 15 is 0 Å². The van der Waals surface area contributed by atoms with E-state index in [-0.39, 0.29) is 0 Å². The minimum Gasteiger partial charge on any atom is -0.496 e. The van der Waals surface area contributed by atoms with Crippen LogP contribution >= 0.6 is 15.8 Å². The highest BCUT2D eigenvalue weighted by Gasteiger charge is 2.45. The molecule has 4 aliphatic rings. The number of hydrogen-bond acceptors (Lipinski definition) is 5. The lowest BCUT2D eigenvalue weighted by Crippen LogP contribution is -2.47. The van der Waals surface area contributed by atoms with Crippen LogP contribution in [0.5, 0.6) is 23.0 Å². The van der Waals surface area contributed by atoms with Crippen molar-refractivity contribution in [1.29, 1.82) is 0 Å². The van der Waals surface area contributed by atoms with Gasteiger partial charge in [-0.25, -0.2) is 0 Å². The maximum Gasteiger partial charge on any atom is 0.200 e. The summed E-state index contributed by atoms with van der Waals surface area (Å²) in [6.45, 7) is 32.6. The molecule has 70 heavy (non-hydrogen) atoms. The van der Waals surface area contributed by atoms with Gasteiger partial charge >= 0.3 is 0 Å². The van der Waals surface area contributed by atoms with Crippen molar-refractivity contribution in [2.45, 2.75) is 146 Å². The summed E-state index contributed by atoms with van der Waals surface area (Å²) in [5.41, 5.74) is 17.7. The van der Waals surface area contributed by atoms with Crippen molar-refractivity contribution in [3.05, 3.63) is 151 Å². The molecular formula is C62H80O5P2Si. The molecule has 0 atom stereocenters. The Kier molecular flexibility index (Phi) is 16.9. The predicted molar refractivity (Wildman–Crippen MR) is 305 cm³/mol. The topological polar surface area (TPSA) is 46.2 Å². The van der Waals surface area contributed by atoms with Crippen LogP contribution in [0.1, 0.15) is 114 Å². The molecule has 0 aliphatic heterocycles. The van der Waals surface area contributed by atoms with Crippen molar-refractivity contribution < 1.29 is 23.4 Å². The highest BCUT2D eigenvalue weighted by Crippen LogP contribution is 2.45. The molecular weight excluding hydrogens is 915 g/mol. The van der Waals surface area contributed by atoms with E-state index in [1.807, 2.05) is 0 Å². The first-order valence-corrected chi connectivity index (χ1v) is 30.2. The highest BCUT2D eigenvalue weighted by atomic mass is 31.1. The second kappa shape index (κ2) is 22.1. The van der Waals surface area contributed by atoms with Gasteiger partial charge in [-0.1, -0.05) is 71.9 Å². The van der Waals surface area contributed by atoms with Gasteiger partial charge < -0.3 is 23.4 Å². The van der Waals surface area contributed by atoms with Gasteiger partial charge in [0.2, 0.25) is 8.32 Å². The van der Waals surface area contributed by atoms with Crippen molar-refractivity contribution in [2.75, 3.05) is 28.4 Å². The number of hydrogen-bond donors (Lipinski definition) is 0. The summed E-state index contributed by atoms with van der Waals surface area (Å²) in [7, 11) is 3.02. The number of methoxy groups -OCH3 is 4. The van der Waals surface area contributed by atoms with E-state index in [2.05, 4.69) is 176 Å². The molecule has 0 unspecified atom stereocenters. The minimum absolute atomic E-state index is 0.492. The maximum atomic E-state index is 7.56. The zero-order chi connectivity index (χ0) is 50.9. The molecule has 0 spiro atoms. The lowest BCUT2D eigenvalue weighted by Gasteiger charge is -2.42. The fourth-order valence-corrected chi connectivity index (χ4v) is 23.5. The van der Waals surface area contributed by atoms with E-state index in [9.17, 15) is 0 Å². The van der Waals surface area contributed by atoms with Gasteiger partial charge in [0.05, 0.1) is 35.0 Å². The number of benzene rings is 6. The summed E-state index contributed by atoms with van der Waals surface area (Å²) in [5, 5.41) is 8.25.